The van der Waals surface area contributed by atoms with Crippen LogP contribution in [0.2, 0.25) is 0 Å². The van der Waals surface area contributed by atoms with Crippen LogP contribution in [0.1, 0.15) is 21.5 Å². The predicted octanol–water partition coefficient (Wildman–Crippen LogP) is 3.17. The molecule has 2 aromatic carbocycles. The van der Waals surface area contributed by atoms with Crippen molar-refractivity contribution in [3.63, 3.8) is 0 Å². The second-order valence-electron chi connectivity index (χ2n) is 5.55. The van der Waals surface area contributed by atoms with Crippen LogP contribution in [0.25, 0.3) is 11.0 Å². The molecular weight excluding hydrogens is 324 g/mol. The molecule has 0 atom stereocenters. The number of phenolic OH excluding ortho intramolecular Hbond substituents is 1. The van der Waals surface area contributed by atoms with Gasteiger partial charge in [-0.3, -0.25) is 0 Å². The summed E-state index contributed by atoms with van der Waals surface area (Å²) in [5.74, 6) is -0.159. The smallest absolute Gasteiger partial charge is 0.342 e. The molecule has 0 aliphatic rings. The Morgan fingerprint density at radius 3 is 2.72 bits per heavy atom. The third-order valence-corrected chi connectivity index (χ3v) is 3.75. The molecule has 0 aliphatic carbocycles. The second kappa shape index (κ2) is 6.68. The molecule has 0 saturated carbocycles. The SMILES string of the molecule is COc1ccc(C)cc1C(=O)OCc1cc(=O)oc2cc(O)ccc12. The molecule has 1 aromatic heterocycles. The first kappa shape index (κ1) is 16.6. The largest absolute Gasteiger partial charge is 0.508 e. The van der Waals surface area contributed by atoms with Crippen molar-refractivity contribution in [1.29, 1.82) is 0 Å². The van der Waals surface area contributed by atoms with Gasteiger partial charge < -0.3 is 19.0 Å². The van der Waals surface area contributed by atoms with Gasteiger partial charge in [0.15, 0.2) is 0 Å². The Morgan fingerprint density at radius 2 is 1.96 bits per heavy atom. The van der Waals surface area contributed by atoms with Gasteiger partial charge in [-0.05, 0) is 31.2 Å². The molecule has 0 spiro atoms. The number of aromatic hydroxyl groups is 1. The lowest BCUT2D eigenvalue weighted by Crippen LogP contribution is -2.09. The van der Waals surface area contributed by atoms with Crippen LogP contribution < -0.4 is 10.4 Å². The van der Waals surface area contributed by atoms with Crippen molar-refractivity contribution in [1.82, 2.24) is 0 Å². The van der Waals surface area contributed by atoms with E-state index in [9.17, 15) is 14.7 Å². The summed E-state index contributed by atoms with van der Waals surface area (Å²) >= 11 is 0. The molecule has 3 aromatic rings. The Balaban J connectivity index is 1.89. The number of carbonyl (C=O) groups excluding carboxylic acids is 1. The van der Waals surface area contributed by atoms with Crippen molar-refractivity contribution < 1.29 is 23.8 Å². The number of hydrogen-bond acceptors (Lipinski definition) is 6. The zero-order chi connectivity index (χ0) is 18.0. The van der Waals surface area contributed by atoms with E-state index in [1.54, 1.807) is 18.2 Å². The van der Waals surface area contributed by atoms with Gasteiger partial charge in [0.05, 0.1) is 7.11 Å². The van der Waals surface area contributed by atoms with E-state index >= 15 is 0 Å². The number of fused-ring (bicyclic) bond motifs is 1. The van der Waals surface area contributed by atoms with E-state index in [2.05, 4.69) is 0 Å². The van der Waals surface area contributed by atoms with Crippen molar-refractivity contribution in [3.05, 3.63) is 69.6 Å². The van der Waals surface area contributed by atoms with Crippen LogP contribution in [-0.2, 0) is 11.3 Å². The maximum absolute atomic E-state index is 12.4. The van der Waals surface area contributed by atoms with Crippen LogP contribution in [0.5, 0.6) is 11.5 Å². The van der Waals surface area contributed by atoms with Crippen LogP contribution in [-0.4, -0.2) is 18.2 Å². The van der Waals surface area contributed by atoms with Crippen LogP contribution >= 0.6 is 0 Å². The fourth-order valence-electron chi connectivity index (χ4n) is 2.54. The molecule has 128 valence electrons. The quantitative estimate of drug-likeness (QED) is 0.580. The first-order valence-corrected chi connectivity index (χ1v) is 7.55. The third kappa shape index (κ3) is 3.47. The first-order valence-electron chi connectivity index (χ1n) is 7.55. The number of esters is 1. The highest BCUT2D eigenvalue weighted by Crippen LogP contribution is 2.24. The van der Waals surface area contributed by atoms with Crippen molar-refractivity contribution in [2.24, 2.45) is 0 Å². The molecule has 1 N–H and O–H groups in total. The minimum Gasteiger partial charge on any atom is -0.508 e. The van der Waals surface area contributed by atoms with Crippen LogP contribution in [0.3, 0.4) is 0 Å². The van der Waals surface area contributed by atoms with E-state index in [1.807, 2.05) is 13.0 Å². The average Bonchev–Trinajstić information content (AvgIpc) is 2.58. The van der Waals surface area contributed by atoms with E-state index in [4.69, 9.17) is 13.9 Å². The van der Waals surface area contributed by atoms with Crippen molar-refractivity contribution >= 4 is 16.9 Å². The molecule has 0 saturated heterocycles. The Labute approximate surface area is 143 Å². The number of ether oxygens (including phenoxy) is 2. The van der Waals surface area contributed by atoms with E-state index in [0.717, 1.165) is 5.56 Å². The van der Waals surface area contributed by atoms with Crippen molar-refractivity contribution in [2.45, 2.75) is 13.5 Å². The first-order chi connectivity index (χ1) is 12.0. The summed E-state index contributed by atoms with van der Waals surface area (Å²) in [5, 5.41) is 10.1. The molecule has 0 unspecified atom stereocenters. The summed E-state index contributed by atoms with van der Waals surface area (Å²) in [5.41, 5.74) is 1.34. The summed E-state index contributed by atoms with van der Waals surface area (Å²) in [6.07, 6.45) is 0. The minimum atomic E-state index is -0.586. The van der Waals surface area contributed by atoms with Crippen molar-refractivity contribution in [3.8, 4) is 11.5 Å². The van der Waals surface area contributed by atoms with Gasteiger partial charge in [-0.1, -0.05) is 11.6 Å². The number of benzene rings is 2. The molecule has 3 rings (SSSR count). The molecule has 6 nitrogen and oxygen atoms in total. The molecule has 6 heteroatoms. The van der Waals surface area contributed by atoms with Crippen LogP contribution in [0.4, 0.5) is 0 Å². The molecule has 0 radical (unpaired) electrons. The van der Waals surface area contributed by atoms with Crippen LogP contribution in [0, 0.1) is 6.92 Å². The predicted molar refractivity (Wildman–Crippen MR) is 91.0 cm³/mol. The second-order valence-corrected chi connectivity index (χ2v) is 5.55. The maximum Gasteiger partial charge on any atom is 0.342 e. The van der Waals surface area contributed by atoms with Gasteiger partial charge in [0.2, 0.25) is 0 Å². The van der Waals surface area contributed by atoms with Gasteiger partial charge in [-0.2, -0.15) is 0 Å². The van der Waals surface area contributed by atoms with Gasteiger partial charge in [0.25, 0.3) is 0 Å². The van der Waals surface area contributed by atoms with E-state index in [0.29, 0.717) is 22.3 Å². The standard InChI is InChI=1S/C19H16O6/c1-11-3-6-16(23-2)15(7-11)19(22)24-10-12-8-18(21)25-17-9-13(20)4-5-14(12)17/h3-9,20H,10H2,1-2H3. The third-order valence-electron chi connectivity index (χ3n) is 3.75. The number of aryl methyl sites for hydroxylation is 1. The van der Waals surface area contributed by atoms with Gasteiger partial charge in [-0.25, -0.2) is 9.59 Å². The van der Waals surface area contributed by atoms with Gasteiger partial charge >= 0.3 is 11.6 Å². The Hall–Kier alpha value is -3.28. The highest BCUT2D eigenvalue weighted by Gasteiger charge is 2.15. The van der Waals surface area contributed by atoms with Crippen LogP contribution in [0.15, 0.2) is 51.7 Å². The molecule has 1 heterocycles. The summed E-state index contributed by atoms with van der Waals surface area (Å²) < 4.78 is 15.6. The molecule has 0 aliphatic heterocycles. The van der Waals surface area contributed by atoms with E-state index in [-0.39, 0.29) is 17.9 Å². The summed E-state index contributed by atoms with van der Waals surface area (Å²) in [6.45, 7) is 1.75. The normalized spacial score (nSPS) is 10.6. The zero-order valence-corrected chi connectivity index (χ0v) is 13.7. The number of rotatable bonds is 4. The Bertz CT molecular complexity index is 1000. The van der Waals surface area contributed by atoms with Gasteiger partial charge in [0, 0.05) is 23.1 Å². The molecule has 0 fully saturated rings. The van der Waals surface area contributed by atoms with E-state index in [1.165, 1.54) is 25.3 Å². The number of hydrogen-bond donors (Lipinski definition) is 1. The summed E-state index contributed by atoms with van der Waals surface area (Å²) in [6, 6.07) is 10.9. The van der Waals surface area contributed by atoms with Crippen molar-refractivity contribution in [2.75, 3.05) is 7.11 Å². The number of methoxy groups -OCH3 is 1. The highest BCUT2D eigenvalue weighted by molar-refractivity contribution is 5.93. The molecule has 25 heavy (non-hydrogen) atoms. The van der Waals surface area contributed by atoms with Gasteiger partial charge in [0.1, 0.15) is 29.3 Å². The molecular formula is C19H16O6. The average molecular weight is 340 g/mol. The topological polar surface area (TPSA) is 86.0 Å². The number of carbonyl (C=O) groups is 1. The summed E-state index contributed by atoms with van der Waals surface area (Å²) in [4.78, 5) is 24.0. The highest BCUT2D eigenvalue weighted by atomic mass is 16.5. The van der Waals surface area contributed by atoms with Gasteiger partial charge in [-0.15, -0.1) is 0 Å². The number of phenols is 1. The maximum atomic E-state index is 12.4. The fraction of sp³-hybridized carbons (Fsp3) is 0.158. The lowest BCUT2D eigenvalue weighted by Gasteiger charge is -2.10. The molecule has 0 amide bonds. The Kier molecular flexibility index (Phi) is 4.43. The molecule has 0 bridgehead atoms. The minimum absolute atomic E-state index is 0.0192. The monoisotopic (exact) mass is 340 g/mol. The lowest BCUT2D eigenvalue weighted by atomic mass is 10.1. The zero-order valence-electron chi connectivity index (χ0n) is 13.7. The van der Waals surface area contributed by atoms with E-state index < -0.39 is 11.6 Å². The fourth-order valence-corrected chi connectivity index (χ4v) is 2.54. The Morgan fingerprint density at radius 1 is 1.16 bits per heavy atom. The summed E-state index contributed by atoms with van der Waals surface area (Å²) in [7, 11) is 1.48. The lowest BCUT2D eigenvalue weighted by molar-refractivity contribution is 0.0470.